The number of alkyl halides is 1. The van der Waals surface area contributed by atoms with E-state index in [0.717, 1.165) is 16.7 Å². The fraction of sp³-hybridized carbons (Fsp3) is 0.188. The Labute approximate surface area is 111 Å². The van der Waals surface area contributed by atoms with Crippen LogP contribution >= 0.6 is 0 Å². The molecule has 0 saturated heterocycles. The molecule has 2 aromatic rings. The van der Waals surface area contributed by atoms with E-state index in [2.05, 4.69) is 0 Å². The topological polar surface area (TPSA) is 37.3 Å². The Kier molecular flexibility index (Phi) is 4.29. The number of carboxylic acid groups (broad SMARTS) is 1. The van der Waals surface area contributed by atoms with Gasteiger partial charge in [0.2, 0.25) is 0 Å². The van der Waals surface area contributed by atoms with Crippen molar-refractivity contribution in [1.29, 1.82) is 0 Å². The summed E-state index contributed by atoms with van der Waals surface area (Å²) in [7, 11) is 0. The van der Waals surface area contributed by atoms with E-state index in [1.165, 1.54) is 0 Å². The molecule has 1 N–H and O–H groups in total. The second-order valence-electron chi connectivity index (χ2n) is 4.46. The lowest BCUT2D eigenvalue weighted by molar-refractivity contribution is -0.138. The van der Waals surface area contributed by atoms with Crippen LogP contribution in [0.1, 0.15) is 12.0 Å². The van der Waals surface area contributed by atoms with Crippen molar-refractivity contribution in [2.24, 2.45) is 0 Å². The predicted octanol–water partition coefficient (Wildman–Crippen LogP) is 3.71. The molecule has 2 aromatic carbocycles. The van der Waals surface area contributed by atoms with Crippen molar-refractivity contribution >= 4 is 5.97 Å². The van der Waals surface area contributed by atoms with Crippen LogP contribution in [0.15, 0.2) is 54.6 Å². The van der Waals surface area contributed by atoms with E-state index < -0.39 is 18.6 Å². The van der Waals surface area contributed by atoms with Gasteiger partial charge in [-0.3, -0.25) is 4.79 Å². The first kappa shape index (κ1) is 13.3. The van der Waals surface area contributed by atoms with Gasteiger partial charge in [0.25, 0.3) is 0 Å². The molecule has 0 aromatic heterocycles. The number of hydrogen-bond acceptors (Lipinski definition) is 1. The van der Waals surface area contributed by atoms with E-state index in [4.69, 9.17) is 5.11 Å². The Bertz CT molecular complexity index is 534. The van der Waals surface area contributed by atoms with Gasteiger partial charge < -0.3 is 5.11 Å². The van der Waals surface area contributed by atoms with E-state index in [0.29, 0.717) is 0 Å². The number of rotatable bonds is 5. The van der Waals surface area contributed by atoms with Crippen molar-refractivity contribution in [3.05, 3.63) is 60.2 Å². The number of halogens is 1. The minimum Gasteiger partial charge on any atom is -0.481 e. The average Bonchev–Trinajstić information content (AvgIpc) is 2.39. The zero-order valence-corrected chi connectivity index (χ0v) is 10.4. The van der Waals surface area contributed by atoms with Gasteiger partial charge in [-0.15, -0.1) is 0 Å². The molecule has 0 bridgehead atoms. The Balaban J connectivity index is 2.05. The van der Waals surface area contributed by atoms with Gasteiger partial charge in [-0.25, -0.2) is 4.39 Å². The van der Waals surface area contributed by atoms with Crippen molar-refractivity contribution < 1.29 is 14.3 Å². The van der Waals surface area contributed by atoms with Crippen LogP contribution in [-0.2, 0) is 11.2 Å². The van der Waals surface area contributed by atoms with Crippen LogP contribution in [0.25, 0.3) is 11.1 Å². The summed E-state index contributed by atoms with van der Waals surface area (Å²) in [4.78, 5) is 10.4. The summed E-state index contributed by atoms with van der Waals surface area (Å²) in [6.45, 7) is 0. The molecule has 1 atom stereocenters. The summed E-state index contributed by atoms with van der Waals surface area (Å²) < 4.78 is 13.4. The van der Waals surface area contributed by atoms with Crippen LogP contribution in [0.5, 0.6) is 0 Å². The van der Waals surface area contributed by atoms with Crippen molar-refractivity contribution in [1.82, 2.24) is 0 Å². The largest absolute Gasteiger partial charge is 0.481 e. The maximum Gasteiger partial charge on any atom is 0.306 e. The highest BCUT2D eigenvalue weighted by Crippen LogP contribution is 2.20. The van der Waals surface area contributed by atoms with Gasteiger partial charge >= 0.3 is 5.97 Å². The monoisotopic (exact) mass is 258 g/mol. The lowest BCUT2D eigenvalue weighted by Crippen LogP contribution is -2.10. The van der Waals surface area contributed by atoms with Crippen LogP contribution in [0.3, 0.4) is 0 Å². The molecule has 0 amide bonds. The molecule has 19 heavy (non-hydrogen) atoms. The first-order chi connectivity index (χ1) is 9.15. The zero-order chi connectivity index (χ0) is 13.7. The molecule has 0 saturated carbocycles. The summed E-state index contributed by atoms with van der Waals surface area (Å²) >= 11 is 0. The Morgan fingerprint density at radius 3 is 2.16 bits per heavy atom. The summed E-state index contributed by atoms with van der Waals surface area (Å²) in [6, 6.07) is 17.5. The van der Waals surface area contributed by atoms with Gasteiger partial charge in [-0.1, -0.05) is 54.6 Å². The predicted molar refractivity (Wildman–Crippen MR) is 72.7 cm³/mol. The molecule has 0 aliphatic rings. The van der Waals surface area contributed by atoms with Crippen LogP contribution in [0.2, 0.25) is 0 Å². The van der Waals surface area contributed by atoms with E-state index >= 15 is 0 Å². The van der Waals surface area contributed by atoms with Gasteiger partial charge in [-0.2, -0.15) is 0 Å². The first-order valence-corrected chi connectivity index (χ1v) is 6.15. The molecule has 1 unspecified atom stereocenters. The molecule has 0 heterocycles. The number of hydrogen-bond donors (Lipinski definition) is 1. The quantitative estimate of drug-likeness (QED) is 0.887. The maximum absolute atomic E-state index is 13.4. The Morgan fingerprint density at radius 1 is 1.00 bits per heavy atom. The van der Waals surface area contributed by atoms with E-state index in [-0.39, 0.29) is 6.42 Å². The van der Waals surface area contributed by atoms with Crippen molar-refractivity contribution in [3.63, 3.8) is 0 Å². The first-order valence-electron chi connectivity index (χ1n) is 6.15. The van der Waals surface area contributed by atoms with Gasteiger partial charge in [0, 0.05) is 6.42 Å². The molecular weight excluding hydrogens is 243 g/mol. The summed E-state index contributed by atoms with van der Waals surface area (Å²) in [5.41, 5.74) is 2.99. The molecule has 0 spiro atoms. The Hall–Kier alpha value is -2.16. The number of aliphatic carboxylic acids is 1. The summed E-state index contributed by atoms with van der Waals surface area (Å²) in [5.74, 6) is -1.10. The van der Waals surface area contributed by atoms with Crippen molar-refractivity contribution in [2.45, 2.75) is 19.0 Å². The highest BCUT2D eigenvalue weighted by molar-refractivity contribution is 5.67. The summed E-state index contributed by atoms with van der Waals surface area (Å²) in [6.07, 6.45) is -1.64. The van der Waals surface area contributed by atoms with E-state index in [1.807, 2.05) is 54.6 Å². The zero-order valence-electron chi connectivity index (χ0n) is 10.4. The van der Waals surface area contributed by atoms with Crippen LogP contribution in [0, 0.1) is 0 Å². The molecule has 0 aliphatic carbocycles. The van der Waals surface area contributed by atoms with E-state index in [1.54, 1.807) is 0 Å². The summed E-state index contributed by atoms with van der Waals surface area (Å²) in [5, 5.41) is 8.51. The third kappa shape index (κ3) is 3.91. The standard InChI is InChI=1S/C16H15FO2/c17-15(11-16(18)19)10-12-6-8-14(9-7-12)13-4-2-1-3-5-13/h1-9,15H,10-11H2,(H,18,19). The number of benzene rings is 2. The lowest BCUT2D eigenvalue weighted by atomic mass is 10.0. The lowest BCUT2D eigenvalue weighted by Gasteiger charge is -2.07. The van der Waals surface area contributed by atoms with Crippen LogP contribution < -0.4 is 0 Å². The van der Waals surface area contributed by atoms with Crippen LogP contribution in [-0.4, -0.2) is 17.2 Å². The third-order valence-corrected chi connectivity index (χ3v) is 2.91. The number of carbonyl (C=O) groups is 1. The highest BCUT2D eigenvalue weighted by Gasteiger charge is 2.12. The minimum atomic E-state index is -1.33. The molecular formula is C16H15FO2. The smallest absolute Gasteiger partial charge is 0.306 e. The third-order valence-electron chi connectivity index (χ3n) is 2.91. The Morgan fingerprint density at radius 2 is 1.58 bits per heavy atom. The second kappa shape index (κ2) is 6.14. The van der Waals surface area contributed by atoms with Crippen LogP contribution in [0.4, 0.5) is 4.39 Å². The SMILES string of the molecule is O=C(O)CC(F)Cc1ccc(-c2ccccc2)cc1. The maximum atomic E-state index is 13.4. The van der Waals surface area contributed by atoms with Gasteiger partial charge in [0.15, 0.2) is 0 Å². The molecule has 2 nitrogen and oxygen atoms in total. The fourth-order valence-corrected chi connectivity index (χ4v) is 1.98. The average molecular weight is 258 g/mol. The van der Waals surface area contributed by atoms with Gasteiger partial charge in [0.1, 0.15) is 6.17 Å². The molecule has 0 radical (unpaired) electrons. The number of carboxylic acids is 1. The molecule has 2 rings (SSSR count). The fourth-order valence-electron chi connectivity index (χ4n) is 1.98. The normalized spacial score (nSPS) is 12.1. The molecule has 0 aliphatic heterocycles. The van der Waals surface area contributed by atoms with E-state index in [9.17, 15) is 9.18 Å². The van der Waals surface area contributed by atoms with Gasteiger partial charge in [-0.05, 0) is 16.7 Å². The molecule has 3 heteroatoms. The second-order valence-corrected chi connectivity index (χ2v) is 4.46. The van der Waals surface area contributed by atoms with Crippen molar-refractivity contribution in [2.75, 3.05) is 0 Å². The molecule has 98 valence electrons. The minimum absolute atomic E-state index is 0.140. The highest BCUT2D eigenvalue weighted by atomic mass is 19.1. The van der Waals surface area contributed by atoms with Gasteiger partial charge in [0.05, 0.1) is 6.42 Å². The van der Waals surface area contributed by atoms with Crippen molar-refractivity contribution in [3.8, 4) is 11.1 Å². The molecule has 0 fully saturated rings.